The van der Waals surface area contributed by atoms with Gasteiger partial charge in [0.25, 0.3) is 0 Å². The Hall–Kier alpha value is -0.0800. The van der Waals surface area contributed by atoms with Crippen LogP contribution in [0.25, 0.3) is 0 Å². The van der Waals surface area contributed by atoms with E-state index in [1.807, 2.05) is 0 Å². The summed E-state index contributed by atoms with van der Waals surface area (Å²) in [7, 11) is 1.69. The number of ether oxygens (including phenoxy) is 1. The minimum absolute atomic E-state index is 0.00455. The van der Waals surface area contributed by atoms with Crippen LogP contribution in [0.1, 0.15) is 72.1 Å². The van der Waals surface area contributed by atoms with E-state index in [0.717, 1.165) is 12.8 Å². The lowest BCUT2D eigenvalue weighted by Crippen LogP contribution is -2.32. The van der Waals surface area contributed by atoms with E-state index in [1.54, 1.807) is 7.11 Å². The lowest BCUT2D eigenvalue weighted by atomic mass is 9.97. The van der Waals surface area contributed by atoms with Crippen LogP contribution in [0.15, 0.2) is 0 Å². The van der Waals surface area contributed by atoms with Crippen LogP contribution in [-0.2, 0) is 4.74 Å². The number of methoxy groups -OCH3 is 1. The first-order valence-electron chi connectivity index (χ1n) is 7.34. The van der Waals surface area contributed by atoms with Gasteiger partial charge in [-0.05, 0) is 12.3 Å². The first kappa shape index (κ1) is 16.9. The lowest BCUT2D eigenvalue weighted by Gasteiger charge is -2.24. The van der Waals surface area contributed by atoms with Crippen LogP contribution in [0, 0.1) is 5.92 Å². The highest BCUT2D eigenvalue weighted by molar-refractivity contribution is 4.71. The van der Waals surface area contributed by atoms with E-state index in [2.05, 4.69) is 20.8 Å². The van der Waals surface area contributed by atoms with Crippen molar-refractivity contribution in [3.63, 3.8) is 0 Å². The zero-order chi connectivity index (χ0) is 13.1. The van der Waals surface area contributed by atoms with Crippen LogP contribution in [-0.4, -0.2) is 24.4 Å². The van der Waals surface area contributed by atoms with Gasteiger partial charge in [0.1, 0.15) is 0 Å². The molecule has 0 heterocycles. The zero-order valence-electron chi connectivity index (χ0n) is 12.2. The Morgan fingerprint density at radius 2 is 1.47 bits per heavy atom. The van der Waals surface area contributed by atoms with E-state index in [4.69, 9.17) is 4.74 Å². The summed E-state index contributed by atoms with van der Waals surface area (Å²) < 4.78 is 5.33. The summed E-state index contributed by atoms with van der Waals surface area (Å²) in [5.41, 5.74) is 0. The largest absolute Gasteiger partial charge is 0.390 e. The molecular weight excluding hydrogens is 212 g/mol. The summed E-state index contributed by atoms with van der Waals surface area (Å²) in [5, 5.41) is 10.00. The highest BCUT2D eigenvalue weighted by Gasteiger charge is 2.21. The molecule has 0 aromatic rings. The van der Waals surface area contributed by atoms with Crippen molar-refractivity contribution in [2.75, 3.05) is 7.11 Å². The molecule has 1 N–H and O–H groups in total. The number of hydrogen-bond acceptors (Lipinski definition) is 2. The maximum Gasteiger partial charge on any atom is 0.0852 e. The Morgan fingerprint density at radius 1 is 0.941 bits per heavy atom. The van der Waals surface area contributed by atoms with Gasteiger partial charge in [-0.3, -0.25) is 0 Å². The normalized spacial score (nSPS) is 15.2. The molecule has 0 fully saturated rings. The summed E-state index contributed by atoms with van der Waals surface area (Å²) in [6.07, 6.45) is 9.65. The number of hydrogen-bond donors (Lipinski definition) is 1. The molecule has 0 aromatic carbocycles. The van der Waals surface area contributed by atoms with Crippen molar-refractivity contribution in [2.24, 2.45) is 5.92 Å². The first-order valence-corrected chi connectivity index (χ1v) is 7.34. The molecule has 0 aliphatic rings. The van der Waals surface area contributed by atoms with Gasteiger partial charge in [-0.15, -0.1) is 0 Å². The third-order valence-electron chi connectivity index (χ3n) is 3.41. The monoisotopic (exact) mass is 244 g/mol. The van der Waals surface area contributed by atoms with Crippen LogP contribution in [0.3, 0.4) is 0 Å². The summed E-state index contributed by atoms with van der Waals surface area (Å²) in [5.74, 6) is 0.388. The zero-order valence-corrected chi connectivity index (χ0v) is 12.2. The fraction of sp³-hybridized carbons (Fsp3) is 1.00. The van der Waals surface area contributed by atoms with E-state index >= 15 is 0 Å². The molecule has 0 bridgehead atoms. The number of aliphatic hydroxyl groups is 1. The molecule has 0 saturated heterocycles. The fourth-order valence-corrected chi connectivity index (χ4v) is 2.35. The van der Waals surface area contributed by atoms with E-state index < -0.39 is 0 Å². The van der Waals surface area contributed by atoms with Crippen LogP contribution in [0.4, 0.5) is 0 Å². The maximum absolute atomic E-state index is 10.00. The SMILES string of the molecule is CCCCCCCCCC(O)C(OC)C(C)C. The average Bonchev–Trinajstić information content (AvgIpc) is 2.28. The number of aliphatic hydroxyl groups excluding tert-OH is 1. The third kappa shape index (κ3) is 8.62. The highest BCUT2D eigenvalue weighted by atomic mass is 16.5. The molecule has 0 rings (SSSR count). The van der Waals surface area contributed by atoms with Gasteiger partial charge < -0.3 is 9.84 Å². The van der Waals surface area contributed by atoms with Gasteiger partial charge in [-0.2, -0.15) is 0 Å². The van der Waals surface area contributed by atoms with Crippen molar-refractivity contribution in [2.45, 2.75) is 84.3 Å². The molecule has 0 radical (unpaired) electrons. The molecule has 104 valence electrons. The van der Waals surface area contributed by atoms with Crippen molar-refractivity contribution in [1.29, 1.82) is 0 Å². The van der Waals surface area contributed by atoms with Gasteiger partial charge in [-0.25, -0.2) is 0 Å². The molecule has 2 nitrogen and oxygen atoms in total. The Bertz CT molecular complexity index is 157. The Labute approximate surface area is 108 Å². The van der Waals surface area contributed by atoms with Crippen LogP contribution < -0.4 is 0 Å². The summed E-state index contributed by atoms with van der Waals surface area (Å²) in [4.78, 5) is 0. The maximum atomic E-state index is 10.00. The molecule has 0 saturated carbocycles. The minimum atomic E-state index is -0.296. The Kier molecular flexibility index (Phi) is 11.0. The molecule has 0 aliphatic carbocycles. The minimum Gasteiger partial charge on any atom is -0.390 e. The summed E-state index contributed by atoms with van der Waals surface area (Å²) >= 11 is 0. The van der Waals surface area contributed by atoms with Crippen molar-refractivity contribution < 1.29 is 9.84 Å². The highest BCUT2D eigenvalue weighted by Crippen LogP contribution is 2.16. The molecule has 0 aromatic heterocycles. The van der Waals surface area contributed by atoms with Crippen molar-refractivity contribution >= 4 is 0 Å². The fourth-order valence-electron chi connectivity index (χ4n) is 2.35. The molecular formula is C15H32O2. The summed E-state index contributed by atoms with van der Waals surface area (Å²) in [6, 6.07) is 0. The van der Waals surface area contributed by atoms with Gasteiger partial charge in [-0.1, -0.05) is 65.7 Å². The average molecular weight is 244 g/mol. The van der Waals surface area contributed by atoms with Crippen molar-refractivity contribution in [3.05, 3.63) is 0 Å². The van der Waals surface area contributed by atoms with E-state index in [9.17, 15) is 5.11 Å². The molecule has 2 atom stereocenters. The molecule has 0 amide bonds. The molecule has 17 heavy (non-hydrogen) atoms. The topological polar surface area (TPSA) is 29.5 Å². The van der Waals surface area contributed by atoms with Crippen LogP contribution in [0.2, 0.25) is 0 Å². The van der Waals surface area contributed by atoms with Crippen LogP contribution >= 0.6 is 0 Å². The second-order valence-electron chi connectivity index (χ2n) is 5.42. The molecule has 2 heteroatoms. The van der Waals surface area contributed by atoms with Gasteiger partial charge in [0.05, 0.1) is 12.2 Å². The number of rotatable bonds is 11. The van der Waals surface area contributed by atoms with E-state index in [1.165, 1.54) is 38.5 Å². The number of unbranched alkanes of at least 4 members (excludes halogenated alkanes) is 6. The molecule has 0 aliphatic heterocycles. The predicted octanol–water partition coefficient (Wildman–Crippen LogP) is 4.16. The standard InChI is InChI=1S/C15H32O2/c1-5-6-7-8-9-10-11-12-14(16)15(17-4)13(2)3/h13-16H,5-12H2,1-4H3. The van der Waals surface area contributed by atoms with Gasteiger partial charge in [0.2, 0.25) is 0 Å². The van der Waals surface area contributed by atoms with E-state index in [0.29, 0.717) is 5.92 Å². The quantitative estimate of drug-likeness (QED) is 0.553. The van der Waals surface area contributed by atoms with Gasteiger partial charge >= 0.3 is 0 Å². The van der Waals surface area contributed by atoms with E-state index in [-0.39, 0.29) is 12.2 Å². The Morgan fingerprint density at radius 3 is 1.94 bits per heavy atom. The van der Waals surface area contributed by atoms with Crippen molar-refractivity contribution in [1.82, 2.24) is 0 Å². The lowest BCUT2D eigenvalue weighted by molar-refractivity contribution is -0.0415. The van der Waals surface area contributed by atoms with Gasteiger partial charge in [0.15, 0.2) is 0 Å². The predicted molar refractivity (Wildman–Crippen MR) is 74.3 cm³/mol. The second kappa shape index (κ2) is 11.0. The smallest absolute Gasteiger partial charge is 0.0852 e. The summed E-state index contributed by atoms with van der Waals surface area (Å²) in [6.45, 7) is 6.44. The van der Waals surface area contributed by atoms with Crippen LogP contribution in [0.5, 0.6) is 0 Å². The Balaban J connectivity index is 3.46. The third-order valence-corrected chi connectivity index (χ3v) is 3.41. The van der Waals surface area contributed by atoms with Gasteiger partial charge in [0, 0.05) is 7.11 Å². The molecule has 2 unspecified atom stereocenters. The first-order chi connectivity index (χ1) is 8.13. The molecule has 0 spiro atoms. The van der Waals surface area contributed by atoms with Crippen molar-refractivity contribution in [3.8, 4) is 0 Å². The second-order valence-corrected chi connectivity index (χ2v) is 5.42.